The normalized spacial score (nSPS) is 10.1. The molecule has 0 unspecified atom stereocenters. The summed E-state index contributed by atoms with van der Waals surface area (Å²) >= 11 is 5.77. The molecule has 0 fully saturated rings. The quantitative estimate of drug-likeness (QED) is 0.761. The Bertz CT molecular complexity index is 716. The number of nitrogens with one attached hydrogen (secondary N) is 2. The van der Waals surface area contributed by atoms with E-state index in [1.807, 2.05) is 31.2 Å². The molecule has 0 bridgehead atoms. The summed E-state index contributed by atoms with van der Waals surface area (Å²) < 4.78 is 0. The predicted octanol–water partition coefficient (Wildman–Crippen LogP) is 2.87. The van der Waals surface area contributed by atoms with Gasteiger partial charge in [0.15, 0.2) is 0 Å². The zero-order chi connectivity index (χ0) is 16.1. The first-order chi connectivity index (χ1) is 10.5. The Kier molecular flexibility index (Phi) is 5.01. The Morgan fingerprint density at radius 2 is 1.91 bits per heavy atom. The molecule has 3 amide bonds. The molecule has 2 rings (SSSR count). The van der Waals surface area contributed by atoms with Gasteiger partial charge in [-0.3, -0.25) is 10.1 Å². The monoisotopic (exact) mass is 317 g/mol. The third-order valence-corrected chi connectivity index (χ3v) is 3.42. The maximum atomic E-state index is 12.0. The van der Waals surface area contributed by atoms with E-state index in [9.17, 15) is 9.59 Å². The topological polar surface area (TPSA) is 84.2 Å². The van der Waals surface area contributed by atoms with Crippen LogP contribution in [0.15, 0.2) is 42.5 Å². The maximum absolute atomic E-state index is 12.0. The molecule has 0 saturated carbocycles. The number of benzene rings is 2. The molecule has 2 aromatic rings. The molecule has 0 aliphatic rings. The Hall–Kier alpha value is -2.53. The fraction of sp³-hybridized carbons (Fsp3) is 0.125. The van der Waals surface area contributed by atoms with Crippen molar-refractivity contribution in [2.75, 3.05) is 5.73 Å². The number of nitrogen functional groups attached to an aromatic ring is 1. The van der Waals surface area contributed by atoms with Crippen LogP contribution in [0.1, 0.15) is 21.5 Å². The smallest absolute Gasteiger partial charge is 0.321 e. The summed E-state index contributed by atoms with van der Waals surface area (Å²) in [4.78, 5) is 23.8. The van der Waals surface area contributed by atoms with E-state index in [1.54, 1.807) is 0 Å². The van der Waals surface area contributed by atoms with E-state index >= 15 is 0 Å². The molecule has 0 atom stereocenters. The summed E-state index contributed by atoms with van der Waals surface area (Å²) in [6.07, 6.45) is 0. The number of hydrogen-bond donors (Lipinski definition) is 3. The molecule has 0 aromatic heterocycles. The SMILES string of the molecule is Cc1ccccc1CNC(=O)NC(=O)c1ccc(Cl)cc1N. The van der Waals surface area contributed by atoms with Gasteiger partial charge < -0.3 is 11.1 Å². The third-order valence-electron chi connectivity index (χ3n) is 3.19. The highest BCUT2D eigenvalue weighted by Gasteiger charge is 2.13. The molecule has 0 aliphatic carbocycles. The van der Waals surface area contributed by atoms with Crippen molar-refractivity contribution >= 4 is 29.2 Å². The zero-order valence-electron chi connectivity index (χ0n) is 12.0. The first kappa shape index (κ1) is 15.9. The largest absolute Gasteiger partial charge is 0.398 e. The van der Waals surface area contributed by atoms with Crippen molar-refractivity contribution < 1.29 is 9.59 Å². The van der Waals surface area contributed by atoms with Gasteiger partial charge in [0.2, 0.25) is 0 Å². The van der Waals surface area contributed by atoms with Crippen molar-refractivity contribution in [3.05, 3.63) is 64.2 Å². The van der Waals surface area contributed by atoms with Crippen molar-refractivity contribution in [3.63, 3.8) is 0 Å². The number of aryl methyl sites for hydroxylation is 1. The van der Waals surface area contributed by atoms with Gasteiger partial charge in [0, 0.05) is 17.3 Å². The van der Waals surface area contributed by atoms with E-state index < -0.39 is 11.9 Å². The van der Waals surface area contributed by atoms with Crippen LogP contribution in [0.3, 0.4) is 0 Å². The second-order valence-electron chi connectivity index (χ2n) is 4.79. The number of imide groups is 1. The molecular weight excluding hydrogens is 302 g/mol. The van der Waals surface area contributed by atoms with Gasteiger partial charge in [-0.15, -0.1) is 0 Å². The number of nitrogens with two attached hydrogens (primary N) is 1. The minimum absolute atomic E-state index is 0.204. The molecule has 6 heteroatoms. The van der Waals surface area contributed by atoms with Gasteiger partial charge >= 0.3 is 6.03 Å². The second-order valence-corrected chi connectivity index (χ2v) is 5.23. The van der Waals surface area contributed by atoms with Crippen LogP contribution < -0.4 is 16.4 Å². The molecule has 2 aromatic carbocycles. The van der Waals surface area contributed by atoms with Gasteiger partial charge in [-0.2, -0.15) is 0 Å². The summed E-state index contributed by atoms with van der Waals surface area (Å²) in [5.74, 6) is -0.573. The lowest BCUT2D eigenvalue weighted by atomic mass is 10.1. The van der Waals surface area contributed by atoms with Crippen molar-refractivity contribution in [2.24, 2.45) is 0 Å². The summed E-state index contributed by atoms with van der Waals surface area (Å²) in [6.45, 7) is 2.29. The van der Waals surface area contributed by atoms with Crippen molar-refractivity contribution in [1.29, 1.82) is 0 Å². The number of urea groups is 1. The molecule has 0 heterocycles. The van der Waals surface area contributed by atoms with Crippen LogP contribution in [0.25, 0.3) is 0 Å². The number of rotatable bonds is 3. The second kappa shape index (κ2) is 6.95. The third kappa shape index (κ3) is 3.99. The fourth-order valence-corrected chi connectivity index (χ4v) is 2.12. The van der Waals surface area contributed by atoms with E-state index in [-0.39, 0.29) is 11.3 Å². The van der Waals surface area contributed by atoms with Gasteiger partial charge in [0.05, 0.1) is 5.56 Å². The van der Waals surface area contributed by atoms with Gasteiger partial charge in [0.1, 0.15) is 0 Å². The van der Waals surface area contributed by atoms with Crippen LogP contribution in [-0.2, 0) is 6.54 Å². The average Bonchev–Trinajstić information content (AvgIpc) is 2.46. The van der Waals surface area contributed by atoms with Crippen LogP contribution in [0, 0.1) is 6.92 Å². The average molecular weight is 318 g/mol. The minimum atomic E-state index is -0.581. The standard InChI is InChI=1S/C16H16ClN3O2/c1-10-4-2-3-5-11(10)9-19-16(22)20-15(21)13-7-6-12(17)8-14(13)18/h2-8H,9,18H2,1H3,(H2,19,20,21,22). The summed E-state index contributed by atoms with van der Waals surface area (Å²) in [6, 6.07) is 11.6. The number of carbonyl (C=O) groups excluding carboxylic acids is 2. The van der Waals surface area contributed by atoms with Crippen LogP contribution >= 0.6 is 11.6 Å². The minimum Gasteiger partial charge on any atom is -0.398 e. The molecule has 0 saturated heterocycles. The van der Waals surface area contributed by atoms with E-state index in [0.29, 0.717) is 11.6 Å². The highest BCUT2D eigenvalue weighted by Crippen LogP contribution is 2.17. The molecule has 22 heavy (non-hydrogen) atoms. The number of carbonyl (C=O) groups is 2. The number of anilines is 1. The van der Waals surface area contributed by atoms with E-state index in [1.165, 1.54) is 18.2 Å². The van der Waals surface area contributed by atoms with E-state index in [2.05, 4.69) is 10.6 Å². The Labute approximate surface area is 133 Å². The molecule has 0 radical (unpaired) electrons. The van der Waals surface area contributed by atoms with Gasteiger partial charge in [-0.25, -0.2) is 4.79 Å². The van der Waals surface area contributed by atoms with Crippen molar-refractivity contribution in [1.82, 2.24) is 10.6 Å². The highest BCUT2D eigenvalue weighted by molar-refractivity contribution is 6.31. The molecule has 0 spiro atoms. The molecular formula is C16H16ClN3O2. The van der Waals surface area contributed by atoms with Gasteiger partial charge in [-0.1, -0.05) is 35.9 Å². The summed E-state index contributed by atoms with van der Waals surface area (Å²) in [5.41, 5.74) is 8.18. The first-order valence-electron chi connectivity index (χ1n) is 6.66. The Morgan fingerprint density at radius 3 is 2.59 bits per heavy atom. The fourth-order valence-electron chi connectivity index (χ4n) is 1.94. The maximum Gasteiger partial charge on any atom is 0.321 e. The molecule has 4 N–H and O–H groups in total. The lowest BCUT2D eigenvalue weighted by Crippen LogP contribution is -2.39. The predicted molar refractivity (Wildman–Crippen MR) is 86.7 cm³/mol. The van der Waals surface area contributed by atoms with Crippen molar-refractivity contribution in [3.8, 4) is 0 Å². The number of amides is 3. The number of halogens is 1. The van der Waals surface area contributed by atoms with Gasteiger partial charge in [0.25, 0.3) is 5.91 Å². The summed E-state index contributed by atoms with van der Waals surface area (Å²) in [7, 11) is 0. The van der Waals surface area contributed by atoms with Crippen LogP contribution in [0.4, 0.5) is 10.5 Å². The van der Waals surface area contributed by atoms with Gasteiger partial charge in [-0.05, 0) is 36.2 Å². The van der Waals surface area contributed by atoms with E-state index in [0.717, 1.165) is 11.1 Å². The molecule has 0 aliphatic heterocycles. The summed E-state index contributed by atoms with van der Waals surface area (Å²) in [5, 5.41) is 5.30. The van der Waals surface area contributed by atoms with Crippen molar-refractivity contribution in [2.45, 2.75) is 13.5 Å². The molecule has 5 nitrogen and oxygen atoms in total. The Balaban J connectivity index is 1.94. The zero-order valence-corrected chi connectivity index (χ0v) is 12.8. The van der Waals surface area contributed by atoms with Crippen LogP contribution in [0.2, 0.25) is 5.02 Å². The lowest BCUT2D eigenvalue weighted by Gasteiger charge is -2.10. The lowest BCUT2D eigenvalue weighted by molar-refractivity contribution is 0.0965. The highest BCUT2D eigenvalue weighted by atomic mass is 35.5. The van der Waals surface area contributed by atoms with Crippen LogP contribution in [0.5, 0.6) is 0 Å². The molecule has 114 valence electrons. The Morgan fingerprint density at radius 1 is 1.18 bits per heavy atom. The number of hydrogen-bond acceptors (Lipinski definition) is 3. The first-order valence-corrected chi connectivity index (χ1v) is 7.04. The van der Waals surface area contributed by atoms with E-state index in [4.69, 9.17) is 17.3 Å². The van der Waals surface area contributed by atoms with Crippen LogP contribution in [-0.4, -0.2) is 11.9 Å².